The maximum Gasteiger partial charge on any atom is 0.228 e. The molecule has 2 aromatic carbocycles. The molecule has 3 rings (SSSR count). The van der Waals surface area contributed by atoms with E-state index in [1.165, 1.54) is 25.3 Å². The summed E-state index contributed by atoms with van der Waals surface area (Å²) in [4.78, 5) is 12.3. The molecular formula is C17H16FN3O2. The number of hydrogen-bond donors (Lipinski definition) is 2. The number of H-pyrrole nitrogens is 1. The number of aryl methyl sites for hydroxylation is 1. The number of anilines is 1. The second kappa shape index (κ2) is 6.08. The Hall–Kier alpha value is -2.89. The molecule has 3 aromatic rings. The smallest absolute Gasteiger partial charge is 0.228 e. The van der Waals surface area contributed by atoms with Crippen molar-refractivity contribution in [3.8, 4) is 5.75 Å². The van der Waals surface area contributed by atoms with Gasteiger partial charge < -0.3 is 10.1 Å². The fourth-order valence-electron chi connectivity index (χ4n) is 2.49. The van der Waals surface area contributed by atoms with Crippen LogP contribution in [-0.2, 0) is 11.2 Å². The lowest BCUT2D eigenvalue weighted by Crippen LogP contribution is -2.15. The molecule has 0 saturated heterocycles. The molecule has 0 atom stereocenters. The third kappa shape index (κ3) is 3.15. The van der Waals surface area contributed by atoms with E-state index in [-0.39, 0.29) is 12.3 Å². The van der Waals surface area contributed by atoms with E-state index in [1.807, 2.05) is 19.1 Å². The second-order valence-corrected chi connectivity index (χ2v) is 5.31. The molecule has 6 heteroatoms. The highest BCUT2D eigenvalue weighted by Gasteiger charge is 2.12. The Morgan fingerprint density at radius 1 is 1.35 bits per heavy atom. The van der Waals surface area contributed by atoms with Gasteiger partial charge in [0.1, 0.15) is 11.6 Å². The minimum absolute atomic E-state index is 0.0315. The number of methoxy groups -OCH3 is 1. The Balaban J connectivity index is 1.81. The standard InChI is InChI=1S/C17H16FN3O2/c1-10-5-15-12(9-19-21-15)7-14(10)20-17(22)8-11-6-13(18)3-4-16(11)23-2/h3-7,9H,8H2,1-2H3,(H,19,21)(H,20,22). The van der Waals surface area contributed by atoms with Crippen LogP contribution in [-0.4, -0.2) is 23.2 Å². The molecule has 0 fully saturated rings. The highest BCUT2D eigenvalue weighted by atomic mass is 19.1. The lowest BCUT2D eigenvalue weighted by molar-refractivity contribution is -0.115. The van der Waals surface area contributed by atoms with Crippen LogP contribution in [0.4, 0.5) is 10.1 Å². The zero-order valence-corrected chi connectivity index (χ0v) is 12.8. The van der Waals surface area contributed by atoms with E-state index in [2.05, 4.69) is 15.5 Å². The summed E-state index contributed by atoms with van der Waals surface area (Å²) in [5.41, 5.74) is 3.04. The monoisotopic (exact) mass is 313 g/mol. The molecule has 2 N–H and O–H groups in total. The lowest BCUT2D eigenvalue weighted by Gasteiger charge is -2.11. The lowest BCUT2D eigenvalue weighted by atomic mass is 10.1. The van der Waals surface area contributed by atoms with Gasteiger partial charge in [0.05, 0.1) is 25.2 Å². The van der Waals surface area contributed by atoms with E-state index in [0.29, 0.717) is 17.0 Å². The van der Waals surface area contributed by atoms with Gasteiger partial charge in [-0.1, -0.05) is 0 Å². The number of nitrogens with one attached hydrogen (secondary N) is 2. The molecule has 0 aliphatic heterocycles. The van der Waals surface area contributed by atoms with E-state index < -0.39 is 5.82 Å². The summed E-state index contributed by atoms with van der Waals surface area (Å²) in [5.74, 6) is -0.145. The molecule has 1 heterocycles. The molecule has 1 amide bonds. The first-order chi connectivity index (χ1) is 11.1. The summed E-state index contributed by atoms with van der Waals surface area (Å²) >= 11 is 0. The molecule has 0 unspecified atom stereocenters. The fourth-order valence-corrected chi connectivity index (χ4v) is 2.49. The van der Waals surface area contributed by atoms with Crippen molar-refractivity contribution in [3.63, 3.8) is 0 Å². The fraction of sp³-hybridized carbons (Fsp3) is 0.176. The summed E-state index contributed by atoms with van der Waals surface area (Å²) in [5, 5.41) is 10.6. The number of halogens is 1. The number of hydrogen-bond acceptors (Lipinski definition) is 3. The first kappa shape index (κ1) is 15.0. The number of benzene rings is 2. The number of ether oxygens (including phenoxy) is 1. The summed E-state index contributed by atoms with van der Waals surface area (Å²) in [6.45, 7) is 1.90. The second-order valence-electron chi connectivity index (χ2n) is 5.31. The van der Waals surface area contributed by atoms with Gasteiger partial charge in [0.2, 0.25) is 5.91 Å². The molecule has 0 aliphatic rings. The van der Waals surface area contributed by atoms with Crippen molar-refractivity contribution in [3.05, 3.63) is 53.5 Å². The van der Waals surface area contributed by atoms with Crippen molar-refractivity contribution >= 4 is 22.5 Å². The van der Waals surface area contributed by atoms with Crippen molar-refractivity contribution in [2.45, 2.75) is 13.3 Å². The molecule has 23 heavy (non-hydrogen) atoms. The van der Waals surface area contributed by atoms with Crippen molar-refractivity contribution < 1.29 is 13.9 Å². The van der Waals surface area contributed by atoms with Gasteiger partial charge in [-0.05, 0) is 42.8 Å². The Kier molecular flexibility index (Phi) is 3.97. The van der Waals surface area contributed by atoms with Crippen LogP contribution in [0.15, 0.2) is 36.5 Å². The van der Waals surface area contributed by atoms with Gasteiger partial charge in [0.15, 0.2) is 0 Å². The zero-order valence-electron chi connectivity index (χ0n) is 12.8. The Labute approximate surface area is 132 Å². The summed E-state index contributed by atoms with van der Waals surface area (Å²) in [6.07, 6.45) is 1.73. The number of fused-ring (bicyclic) bond motifs is 1. The summed E-state index contributed by atoms with van der Waals surface area (Å²) < 4.78 is 18.5. The minimum atomic E-state index is -0.399. The Morgan fingerprint density at radius 2 is 2.17 bits per heavy atom. The SMILES string of the molecule is COc1ccc(F)cc1CC(=O)Nc1cc2cn[nH]c2cc1C. The minimum Gasteiger partial charge on any atom is -0.496 e. The van der Waals surface area contributed by atoms with Crippen LogP contribution >= 0.6 is 0 Å². The maximum atomic E-state index is 13.4. The van der Waals surface area contributed by atoms with Crippen LogP contribution in [0, 0.1) is 12.7 Å². The maximum absolute atomic E-state index is 13.4. The van der Waals surface area contributed by atoms with Gasteiger partial charge in [-0.3, -0.25) is 9.89 Å². The number of carbonyl (C=O) groups is 1. The zero-order chi connectivity index (χ0) is 16.4. The Morgan fingerprint density at radius 3 is 2.96 bits per heavy atom. The van der Waals surface area contributed by atoms with Gasteiger partial charge in [-0.2, -0.15) is 5.10 Å². The van der Waals surface area contributed by atoms with E-state index in [0.717, 1.165) is 16.5 Å². The van der Waals surface area contributed by atoms with Gasteiger partial charge in [0, 0.05) is 16.6 Å². The Bertz CT molecular complexity index is 873. The van der Waals surface area contributed by atoms with Crippen LogP contribution < -0.4 is 10.1 Å². The van der Waals surface area contributed by atoms with Crippen LogP contribution in [0.5, 0.6) is 5.75 Å². The van der Waals surface area contributed by atoms with Crippen LogP contribution in [0.2, 0.25) is 0 Å². The summed E-state index contributed by atoms with van der Waals surface area (Å²) in [7, 11) is 1.49. The van der Waals surface area contributed by atoms with E-state index in [4.69, 9.17) is 4.74 Å². The highest BCUT2D eigenvalue weighted by Crippen LogP contribution is 2.23. The number of rotatable bonds is 4. The van der Waals surface area contributed by atoms with Gasteiger partial charge in [-0.25, -0.2) is 4.39 Å². The van der Waals surface area contributed by atoms with Crippen LogP contribution in [0.1, 0.15) is 11.1 Å². The van der Waals surface area contributed by atoms with E-state index in [1.54, 1.807) is 6.20 Å². The normalized spacial score (nSPS) is 10.7. The predicted molar refractivity (Wildman–Crippen MR) is 86.1 cm³/mol. The number of amides is 1. The van der Waals surface area contributed by atoms with Gasteiger partial charge in [-0.15, -0.1) is 0 Å². The molecule has 0 radical (unpaired) electrons. The number of nitrogens with zero attached hydrogens (tertiary/aromatic N) is 1. The number of aromatic amines is 1. The van der Waals surface area contributed by atoms with Crippen LogP contribution in [0.3, 0.4) is 0 Å². The first-order valence-electron chi connectivity index (χ1n) is 7.13. The molecule has 0 saturated carbocycles. The third-order valence-corrected chi connectivity index (χ3v) is 3.65. The van der Waals surface area contributed by atoms with Crippen molar-refractivity contribution in [2.24, 2.45) is 0 Å². The first-order valence-corrected chi connectivity index (χ1v) is 7.13. The molecule has 118 valence electrons. The van der Waals surface area contributed by atoms with Crippen molar-refractivity contribution in [2.75, 3.05) is 12.4 Å². The molecule has 0 spiro atoms. The highest BCUT2D eigenvalue weighted by molar-refractivity contribution is 5.96. The average Bonchev–Trinajstić information content (AvgIpc) is 2.95. The van der Waals surface area contributed by atoms with Gasteiger partial charge in [0.25, 0.3) is 0 Å². The molecule has 1 aromatic heterocycles. The average molecular weight is 313 g/mol. The van der Waals surface area contributed by atoms with Crippen molar-refractivity contribution in [1.82, 2.24) is 10.2 Å². The van der Waals surface area contributed by atoms with Gasteiger partial charge >= 0.3 is 0 Å². The van der Waals surface area contributed by atoms with E-state index >= 15 is 0 Å². The van der Waals surface area contributed by atoms with Crippen LogP contribution in [0.25, 0.3) is 10.9 Å². The summed E-state index contributed by atoms with van der Waals surface area (Å²) in [6, 6.07) is 7.90. The van der Waals surface area contributed by atoms with E-state index in [9.17, 15) is 9.18 Å². The quantitative estimate of drug-likeness (QED) is 0.777. The largest absolute Gasteiger partial charge is 0.496 e. The third-order valence-electron chi connectivity index (χ3n) is 3.65. The molecular weight excluding hydrogens is 297 g/mol. The molecule has 0 bridgehead atoms. The predicted octanol–water partition coefficient (Wildman–Crippen LogP) is 3.20. The molecule has 5 nitrogen and oxygen atoms in total. The van der Waals surface area contributed by atoms with Crippen molar-refractivity contribution in [1.29, 1.82) is 0 Å². The molecule has 0 aliphatic carbocycles. The topological polar surface area (TPSA) is 67.0 Å². The number of aromatic nitrogens is 2. The number of carbonyl (C=O) groups excluding carboxylic acids is 1.